The third-order valence-electron chi connectivity index (χ3n) is 3.06. The number of nitrogens with zero attached hydrogens (tertiary/aromatic N) is 1. The number of para-hydroxylation sites is 2. The second-order valence-corrected chi connectivity index (χ2v) is 7.36. The highest BCUT2D eigenvalue weighted by atomic mass is 35.5. The van der Waals surface area contributed by atoms with Crippen molar-refractivity contribution in [2.24, 2.45) is 0 Å². The first-order chi connectivity index (χ1) is 10.8. The maximum atomic E-state index is 9.58. The van der Waals surface area contributed by atoms with Crippen molar-refractivity contribution in [1.29, 1.82) is 0 Å². The van der Waals surface area contributed by atoms with E-state index in [1.807, 2.05) is 42.5 Å². The highest BCUT2D eigenvalue weighted by Gasteiger charge is 2.09. The van der Waals surface area contributed by atoms with E-state index in [-0.39, 0.29) is 5.88 Å². The molecule has 0 saturated heterocycles. The molecule has 2 aromatic carbocycles. The van der Waals surface area contributed by atoms with Crippen LogP contribution >= 0.6 is 34.7 Å². The van der Waals surface area contributed by atoms with Crippen molar-refractivity contribution in [2.45, 2.75) is 15.3 Å². The molecule has 0 fully saturated rings. The summed E-state index contributed by atoms with van der Waals surface area (Å²) in [5.41, 5.74) is 2.01. The average Bonchev–Trinajstić information content (AvgIpc) is 2.96. The zero-order valence-corrected chi connectivity index (χ0v) is 14.1. The number of hydrogen-bond acceptors (Lipinski definition) is 5. The number of rotatable bonds is 6. The van der Waals surface area contributed by atoms with Crippen molar-refractivity contribution in [3.8, 4) is 0 Å². The minimum atomic E-state index is -0.554. The Morgan fingerprint density at radius 2 is 1.95 bits per heavy atom. The lowest BCUT2D eigenvalue weighted by Gasteiger charge is -2.12. The lowest BCUT2D eigenvalue weighted by molar-refractivity contribution is 0.211. The molecule has 1 unspecified atom stereocenters. The molecular weight excluding hydrogens is 336 g/mol. The molecule has 0 spiro atoms. The quantitative estimate of drug-likeness (QED) is 0.644. The molecule has 1 heterocycles. The molecule has 0 aliphatic heterocycles. The molecule has 6 heteroatoms. The Morgan fingerprint density at radius 1 is 1.18 bits per heavy atom. The number of nitrogens with one attached hydrogen (secondary N) is 1. The topological polar surface area (TPSA) is 45.1 Å². The highest BCUT2D eigenvalue weighted by molar-refractivity contribution is 8.01. The maximum Gasteiger partial charge on any atom is 0.155 e. The van der Waals surface area contributed by atoms with Gasteiger partial charge in [-0.2, -0.15) is 0 Å². The van der Waals surface area contributed by atoms with Crippen LogP contribution in [-0.4, -0.2) is 28.6 Å². The van der Waals surface area contributed by atoms with Crippen molar-refractivity contribution in [1.82, 2.24) is 4.98 Å². The second-order valence-electron chi connectivity index (χ2n) is 4.73. The summed E-state index contributed by atoms with van der Waals surface area (Å²) in [6.07, 6.45) is -0.554. The minimum absolute atomic E-state index is 0.222. The van der Waals surface area contributed by atoms with Crippen LogP contribution in [0.4, 0.5) is 5.69 Å². The van der Waals surface area contributed by atoms with Crippen LogP contribution in [0.1, 0.15) is 0 Å². The Bertz CT molecular complexity index is 729. The van der Waals surface area contributed by atoms with Gasteiger partial charge in [-0.1, -0.05) is 36.0 Å². The molecule has 3 nitrogen and oxygen atoms in total. The van der Waals surface area contributed by atoms with Gasteiger partial charge in [0.25, 0.3) is 0 Å². The normalized spacial score (nSPS) is 12.5. The van der Waals surface area contributed by atoms with Crippen LogP contribution in [0, 0.1) is 0 Å². The minimum Gasteiger partial charge on any atom is -0.390 e. The predicted molar refractivity (Wildman–Crippen MR) is 95.4 cm³/mol. The predicted octanol–water partition coefficient (Wildman–Crippen LogP) is 4.46. The molecule has 1 atom stereocenters. The lowest BCUT2D eigenvalue weighted by atomic mass is 10.3. The third-order valence-corrected chi connectivity index (χ3v) is 5.59. The Morgan fingerprint density at radius 3 is 2.77 bits per heavy atom. The summed E-state index contributed by atoms with van der Waals surface area (Å²) in [7, 11) is 0. The van der Waals surface area contributed by atoms with Gasteiger partial charge in [-0.25, -0.2) is 4.98 Å². The van der Waals surface area contributed by atoms with Crippen molar-refractivity contribution < 1.29 is 5.11 Å². The number of hydrogen-bond donors (Lipinski definition) is 2. The number of halogens is 1. The summed E-state index contributed by atoms with van der Waals surface area (Å²) in [5, 5.41) is 12.8. The fraction of sp³-hybridized carbons (Fsp3) is 0.188. The first-order valence-electron chi connectivity index (χ1n) is 6.86. The number of aromatic nitrogens is 1. The van der Waals surface area contributed by atoms with Crippen LogP contribution < -0.4 is 5.32 Å². The Kier molecular flexibility index (Phi) is 5.20. The monoisotopic (exact) mass is 350 g/mol. The number of benzene rings is 2. The molecule has 0 radical (unpaired) electrons. The molecule has 3 aromatic rings. The van der Waals surface area contributed by atoms with Crippen molar-refractivity contribution in [3.05, 3.63) is 48.5 Å². The van der Waals surface area contributed by atoms with Gasteiger partial charge in [0, 0.05) is 17.1 Å². The van der Waals surface area contributed by atoms with Gasteiger partial charge in [-0.3, -0.25) is 0 Å². The van der Waals surface area contributed by atoms with Crippen molar-refractivity contribution in [2.75, 3.05) is 17.7 Å². The first-order valence-corrected chi connectivity index (χ1v) is 9.03. The first kappa shape index (κ1) is 15.6. The highest BCUT2D eigenvalue weighted by Crippen LogP contribution is 2.37. The second kappa shape index (κ2) is 7.33. The van der Waals surface area contributed by atoms with Gasteiger partial charge in [0.15, 0.2) is 4.34 Å². The molecular formula is C16H15ClN2OS2. The van der Waals surface area contributed by atoms with Gasteiger partial charge in [0.1, 0.15) is 0 Å². The zero-order valence-electron chi connectivity index (χ0n) is 11.7. The van der Waals surface area contributed by atoms with Gasteiger partial charge in [-0.05, 0) is 24.3 Å². The van der Waals surface area contributed by atoms with Crippen LogP contribution in [0.3, 0.4) is 0 Å². The number of aliphatic hydroxyl groups is 1. The number of alkyl halides is 1. The van der Waals surface area contributed by atoms with Crippen LogP contribution in [0.25, 0.3) is 10.2 Å². The van der Waals surface area contributed by atoms with E-state index in [0.717, 1.165) is 20.4 Å². The van der Waals surface area contributed by atoms with E-state index in [2.05, 4.69) is 16.4 Å². The summed E-state index contributed by atoms with van der Waals surface area (Å²) in [6, 6.07) is 16.1. The molecule has 2 N–H and O–H groups in total. The Labute approximate surface area is 142 Å². The van der Waals surface area contributed by atoms with Crippen LogP contribution in [-0.2, 0) is 0 Å². The van der Waals surface area contributed by atoms with Crippen LogP contribution in [0.5, 0.6) is 0 Å². The summed E-state index contributed by atoms with van der Waals surface area (Å²) in [6.45, 7) is 0.431. The van der Waals surface area contributed by atoms with Gasteiger partial charge < -0.3 is 10.4 Å². The smallest absolute Gasteiger partial charge is 0.155 e. The number of aliphatic hydroxyl groups excluding tert-OH is 1. The molecule has 1 aromatic heterocycles. The summed E-state index contributed by atoms with van der Waals surface area (Å²) in [4.78, 5) is 5.73. The summed E-state index contributed by atoms with van der Waals surface area (Å²) in [5.74, 6) is 0.222. The van der Waals surface area contributed by atoms with Gasteiger partial charge in [0.2, 0.25) is 0 Å². The van der Waals surface area contributed by atoms with Gasteiger partial charge >= 0.3 is 0 Å². The number of anilines is 1. The molecule has 0 aliphatic rings. The lowest BCUT2D eigenvalue weighted by Crippen LogP contribution is -2.20. The fourth-order valence-electron chi connectivity index (χ4n) is 1.97. The molecule has 114 valence electrons. The molecule has 0 amide bonds. The van der Waals surface area contributed by atoms with E-state index >= 15 is 0 Å². The van der Waals surface area contributed by atoms with Crippen LogP contribution in [0.2, 0.25) is 0 Å². The molecule has 0 saturated carbocycles. The van der Waals surface area contributed by atoms with E-state index in [1.165, 1.54) is 4.70 Å². The average molecular weight is 351 g/mol. The summed E-state index contributed by atoms with van der Waals surface area (Å²) < 4.78 is 2.20. The number of fused-ring (bicyclic) bond motifs is 1. The van der Waals surface area contributed by atoms with Crippen molar-refractivity contribution >= 4 is 50.6 Å². The van der Waals surface area contributed by atoms with E-state index < -0.39 is 6.10 Å². The Hall–Kier alpha value is -1.27. The van der Waals surface area contributed by atoms with E-state index in [1.54, 1.807) is 23.1 Å². The fourth-order valence-corrected chi connectivity index (χ4v) is 4.21. The molecule has 22 heavy (non-hydrogen) atoms. The van der Waals surface area contributed by atoms with E-state index in [9.17, 15) is 5.11 Å². The SMILES string of the molecule is OC(CCl)CNc1ccccc1Sc1nc2ccccc2s1. The van der Waals surface area contributed by atoms with E-state index in [4.69, 9.17) is 11.6 Å². The Balaban J connectivity index is 1.79. The number of thiazole rings is 1. The van der Waals surface area contributed by atoms with Gasteiger partial charge in [-0.15, -0.1) is 22.9 Å². The largest absolute Gasteiger partial charge is 0.390 e. The van der Waals surface area contributed by atoms with Gasteiger partial charge in [0.05, 0.1) is 22.2 Å². The maximum absolute atomic E-state index is 9.58. The van der Waals surface area contributed by atoms with Crippen LogP contribution in [0.15, 0.2) is 57.8 Å². The molecule has 0 aliphatic carbocycles. The van der Waals surface area contributed by atoms with E-state index in [0.29, 0.717) is 6.54 Å². The molecule has 0 bridgehead atoms. The standard InChI is InChI=1S/C16H15ClN2OS2/c17-9-11(20)10-18-12-5-1-3-7-14(12)21-16-19-13-6-2-4-8-15(13)22-16/h1-8,11,18,20H,9-10H2. The zero-order chi connectivity index (χ0) is 15.4. The summed E-state index contributed by atoms with van der Waals surface area (Å²) >= 11 is 8.94. The molecule has 3 rings (SSSR count). The van der Waals surface area contributed by atoms with Crippen molar-refractivity contribution in [3.63, 3.8) is 0 Å². The third kappa shape index (κ3) is 3.73.